The van der Waals surface area contributed by atoms with Crippen molar-refractivity contribution in [2.24, 2.45) is 5.92 Å². The van der Waals surface area contributed by atoms with Crippen LogP contribution in [0.1, 0.15) is 25.7 Å². The number of allylic oxidation sites excluding steroid dienone is 1. The molecule has 0 aromatic heterocycles. The van der Waals surface area contributed by atoms with Gasteiger partial charge in [0.15, 0.2) is 0 Å². The van der Waals surface area contributed by atoms with Gasteiger partial charge in [0.2, 0.25) is 0 Å². The van der Waals surface area contributed by atoms with Crippen molar-refractivity contribution >= 4 is 11.6 Å². The van der Waals surface area contributed by atoms with Crippen LogP contribution in [0.5, 0.6) is 0 Å². The Labute approximate surface area is 61.9 Å². The van der Waals surface area contributed by atoms with E-state index in [1.165, 1.54) is 19.3 Å². The van der Waals surface area contributed by atoms with Crippen LogP contribution in [0.15, 0.2) is 12.7 Å². The molecule has 0 radical (unpaired) electrons. The molecule has 2 unspecified atom stereocenters. The minimum absolute atomic E-state index is 0.418. The molecule has 0 bridgehead atoms. The molecule has 2 atom stereocenters. The van der Waals surface area contributed by atoms with Crippen LogP contribution in [0.25, 0.3) is 0 Å². The predicted octanol–water partition coefficient (Wildman–Crippen LogP) is 2.97. The zero-order chi connectivity index (χ0) is 6.69. The fraction of sp³-hybridized carbons (Fsp3) is 0.750. The lowest BCUT2D eigenvalue weighted by Crippen LogP contribution is -2.12. The van der Waals surface area contributed by atoms with Crippen molar-refractivity contribution in [1.82, 2.24) is 0 Å². The van der Waals surface area contributed by atoms with Crippen molar-refractivity contribution < 1.29 is 0 Å². The van der Waals surface area contributed by atoms with Gasteiger partial charge in [-0.25, -0.2) is 0 Å². The van der Waals surface area contributed by atoms with E-state index in [9.17, 15) is 0 Å². The highest BCUT2D eigenvalue weighted by Gasteiger charge is 2.16. The van der Waals surface area contributed by atoms with Gasteiger partial charge in [0.1, 0.15) is 0 Å². The molecule has 0 amide bonds. The van der Waals surface area contributed by atoms with E-state index in [-0.39, 0.29) is 0 Å². The van der Waals surface area contributed by atoms with Crippen LogP contribution in [-0.4, -0.2) is 5.38 Å². The Morgan fingerprint density at radius 3 is 2.67 bits per heavy atom. The Morgan fingerprint density at radius 1 is 1.44 bits per heavy atom. The molecule has 0 aromatic rings. The first-order valence-electron chi connectivity index (χ1n) is 3.59. The van der Waals surface area contributed by atoms with E-state index in [0.717, 1.165) is 6.42 Å². The average molecular weight is 145 g/mol. The summed E-state index contributed by atoms with van der Waals surface area (Å²) < 4.78 is 0. The lowest BCUT2D eigenvalue weighted by Gasteiger charge is -2.21. The molecule has 0 N–H and O–H groups in total. The van der Waals surface area contributed by atoms with Crippen LogP contribution in [0.3, 0.4) is 0 Å². The first kappa shape index (κ1) is 7.14. The molecule has 1 fully saturated rings. The standard InChI is InChI=1S/C8H13Cl/c1-2-7-4-3-5-8(9)6-7/h2,7-8H,1,3-6H2. The first-order valence-corrected chi connectivity index (χ1v) is 4.03. The van der Waals surface area contributed by atoms with Crippen molar-refractivity contribution in [3.63, 3.8) is 0 Å². The maximum Gasteiger partial charge on any atom is 0.0341 e. The number of rotatable bonds is 1. The molecule has 0 aromatic carbocycles. The third kappa shape index (κ3) is 2.02. The van der Waals surface area contributed by atoms with Crippen molar-refractivity contribution in [3.8, 4) is 0 Å². The fourth-order valence-corrected chi connectivity index (χ4v) is 1.76. The van der Waals surface area contributed by atoms with Crippen LogP contribution < -0.4 is 0 Å². The van der Waals surface area contributed by atoms with Gasteiger partial charge in [0.05, 0.1) is 0 Å². The zero-order valence-electron chi connectivity index (χ0n) is 5.65. The van der Waals surface area contributed by atoms with Gasteiger partial charge in [0.25, 0.3) is 0 Å². The molecule has 0 saturated heterocycles. The van der Waals surface area contributed by atoms with E-state index in [0.29, 0.717) is 11.3 Å². The van der Waals surface area contributed by atoms with Crippen LogP contribution in [-0.2, 0) is 0 Å². The smallest absolute Gasteiger partial charge is 0.0341 e. The Morgan fingerprint density at radius 2 is 2.22 bits per heavy atom. The highest BCUT2D eigenvalue weighted by atomic mass is 35.5. The Balaban J connectivity index is 2.31. The Bertz CT molecular complexity index is 98.7. The molecule has 1 saturated carbocycles. The van der Waals surface area contributed by atoms with E-state index >= 15 is 0 Å². The van der Waals surface area contributed by atoms with Gasteiger partial charge in [-0.05, 0) is 25.2 Å². The highest BCUT2D eigenvalue weighted by molar-refractivity contribution is 6.20. The van der Waals surface area contributed by atoms with Crippen molar-refractivity contribution in [2.75, 3.05) is 0 Å². The lowest BCUT2D eigenvalue weighted by molar-refractivity contribution is 0.426. The molecule has 52 valence electrons. The van der Waals surface area contributed by atoms with E-state index in [2.05, 4.69) is 6.58 Å². The monoisotopic (exact) mass is 144 g/mol. The summed E-state index contributed by atoms with van der Waals surface area (Å²) in [6.45, 7) is 3.76. The summed E-state index contributed by atoms with van der Waals surface area (Å²) in [5, 5.41) is 0.418. The molecular weight excluding hydrogens is 132 g/mol. The lowest BCUT2D eigenvalue weighted by atomic mass is 9.89. The average Bonchev–Trinajstić information content (AvgIpc) is 1.88. The molecule has 0 aliphatic heterocycles. The molecule has 1 aliphatic carbocycles. The summed E-state index contributed by atoms with van der Waals surface area (Å²) in [7, 11) is 0. The number of halogens is 1. The van der Waals surface area contributed by atoms with Gasteiger partial charge in [-0.1, -0.05) is 12.5 Å². The third-order valence-corrected chi connectivity index (χ3v) is 2.38. The molecule has 0 spiro atoms. The minimum Gasteiger partial charge on any atom is -0.123 e. The highest BCUT2D eigenvalue weighted by Crippen LogP contribution is 2.27. The van der Waals surface area contributed by atoms with Gasteiger partial charge in [0, 0.05) is 5.38 Å². The topological polar surface area (TPSA) is 0 Å². The fourth-order valence-electron chi connectivity index (χ4n) is 1.38. The van der Waals surface area contributed by atoms with Crippen LogP contribution in [0, 0.1) is 5.92 Å². The molecule has 0 nitrogen and oxygen atoms in total. The SMILES string of the molecule is C=CC1CCCC(Cl)C1. The molecule has 0 heterocycles. The van der Waals surface area contributed by atoms with Gasteiger partial charge in [-0.3, -0.25) is 0 Å². The van der Waals surface area contributed by atoms with E-state index in [4.69, 9.17) is 11.6 Å². The largest absolute Gasteiger partial charge is 0.123 e. The van der Waals surface area contributed by atoms with Gasteiger partial charge in [-0.2, -0.15) is 0 Å². The maximum atomic E-state index is 5.94. The van der Waals surface area contributed by atoms with E-state index in [1.807, 2.05) is 6.08 Å². The second-order valence-corrected chi connectivity index (χ2v) is 3.38. The predicted molar refractivity (Wildman–Crippen MR) is 41.8 cm³/mol. The normalized spacial score (nSPS) is 36.1. The van der Waals surface area contributed by atoms with Gasteiger partial charge < -0.3 is 0 Å². The second kappa shape index (κ2) is 3.26. The molecular formula is C8H13Cl. The Kier molecular flexibility index (Phi) is 2.59. The minimum atomic E-state index is 0.418. The summed E-state index contributed by atoms with van der Waals surface area (Å²) in [5.41, 5.74) is 0. The van der Waals surface area contributed by atoms with Crippen LogP contribution >= 0.6 is 11.6 Å². The molecule has 1 aliphatic rings. The summed E-state index contributed by atoms with van der Waals surface area (Å²) >= 11 is 5.94. The molecule has 9 heavy (non-hydrogen) atoms. The number of hydrogen-bond acceptors (Lipinski definition) is 0. The number of alkyl halides is 1. The van der Waals surface area contributed by atoms with Crippen molar-refractivity contribution in [2.45, 2.75) is 31.1 Å². The van der Waals surface area contributed by atoms with Crippen molar-refractivity contribution in [1.29, 1.82) is 0 Å². The summed E-state index contributed by atoms with van der Waals surface area (Å²) in [6.07, 6.45) is 6.96. The zero-order valence-corrected chi connectivity index (χ0v) is 6.40. The quantitative estimate of drug-likeness (QED) is 0.392. The summed E-state index contributed by atoms with van der Waals surface area (Å²) in [6, 6.07) is 0. The Hall–Kier alpha value is 0.0300. The second-order valence-electron chi connectivity index (χ2n) is 2.76. The summed E-state index contributed by atoms with van der Waals surface area (Å²) in [4.78, 5) is 0. The van der Waals surface area contributed by atoms with Gasteiger partial charge in [-0.15, -0.1) is 18.2 Å². The number of hydrogen-bond donors (Lipinski definition) is 0. The van der Waals surface area contributed by atoms with E-state index in [1.54, 1.807) is 0 Å². The van der Waals surface area contributed by atoms with E-state index < -0.39 is 0 Å². The molecule has 1 rings (SSSR count). The third-order valence-electron chi connectivity index (χ3n) is 1.98. The molecule has 1 heteroatoms. The van der Waals surface area contributed by atoms with Crippen LogP contribution in [0.4, 0.5) is 0 Å². The summed E-state index contributed by atoms with van der Waals surface area (Å²) in [5.74, 6) is 0.696. The van der Waals surface area contributed by atoms with Crippen LogP contribution in [0.2, 0.25) is 0 Å². The van der Waals surface area contributed by atoms with Crippen molar-refractivity contribution in [3.05, 3.63) is 12.7 Å². The maximum absolute atomic E-state index is 5.94. The van der Waals surface area contributed by atoms with Gasteiger partial charge >= 0.3 is 0 Å². The first-order chi connectivity index (χ1) is 4.33.